The van der Waals surface area contributed by atoms with Gasteiger partial charge in [-0.25, -0.2) is 4.79 Å². The highest BCUT2D eigenvalue weighted by Gasteiger charge is 2.22. The fourth-order valence-corrected chi connectivity index (χ4v) is 1.92. The summed E-state index contributed by atoms with van der Waals surface area (Å²) in [5.41, 5.74) is 0. The molecule has 0 saturated heterocycles. The molecule has 0 bridgehead atoms. The van der Waals surface area contributed by atoms with E-state index in [0.717, 1.165) is 19.3 Å². The Balaban J connectivity index is 2.58. The number of hydrogen-bond donors (Lipinski definition) is 0. The van der Waals surface area contributed by atoms with Crippen LogP contribution in [0.5, 0.6) is 0 Å². The zero-order valence-electron chi connectivity index (χ0n) is 10.2. The van der Waals surface area contributed by atoms with Crippen LogP contribution in [0.3, 0.4) is 0 Å². The van der Waals surface area contributed by atoms with Crippen LogP contribution >= 0.6 is 11.6 Å². The fraction of sp³-hybridized carbons (Fsp3) is 0.462. The van der Waals surface area contributed by atoms with Crippen LogP contribution in [0.1, 0.15) is 26.2 Å². The van der Waals surface area contributed by atoms with Gasteiger partial charge in [0.15, 0.2) is 0 Å². The predicted octanol–water partition coefficient (Wildman–Crippen LogP) is 3.82. The third-order valence-electron chi connectivity index (χ3n) is 2.60. The molecule has 0 aliphatic carbocycles. The monoisotopic (exact) mass is 255 g/mol. The van der Waals surface area contributed by atoms with Gasteiger partial charge in [-0.2, -0.15) is 0 Å². The van der Waals surface area contributed by atoms with Crippen molar-refractivity contribution in [2.24, 2.45) is 0 Å². The number of carbonyl (C=O) groups is 1. The molecule has 0 radical (unpaired) electrons. The molecule has 0 aromatic rings. The van der Waals surface area contributed by atoms with Gasteiger partial charge in [-0.15, -0.1) is 0 Å². The van der Waals surface area contributed by atoms with E-state index in [1.165, 1.54) is 7.11 Å². The van der Waals surface area contributed by atoms with Crippen LogP contribution in [-0.2, 0) is 4.74 Å². The fourth-order valence-electron chi connectivity index (χ4n) is 1.72. The molecule has 0 N–H and O–H groups in total. The Morgan fingerprint density at radius 2 is 2.41 bits per heavy atom. The zero-order chi connectivity index (χ0) is 12.7. The van der Waals surface area contributed by atoms with Gasteiger partial charge in [-0.1, -0.05) is 23.8 Å². The van der Waals surface area contributed by atoms with Crippen molar-refractivity contribution in [3.63, 3.8) is 0 Å². The molecular weight excluding hydrogens is 238 g/mol. The third-order valence-corrected chi connectivity index (χ3v) is 2.85. The summed E-state index contributed by atoms with van der Waals surface area (Å²) in [5.74, 6) is 0. The maximum absolute atomic E-state index is 11.5. The molecule has 0 fully saturated rings. The molecule has 1 heterocycles. The molecule has 1 atom stereocenters. The van der Waals surface area contributed by atoms with Crippen LogP contribution in [0, 0.1) is 0 Å². The molecule has 1 aliphatic heterocycles. The van der Waals surface area contributed by atoms with Crippen molar-refractivity contribution >= 4 is 17.7 Å². The van der Waals surface area contributed by atoms with E-state index in [9.17, 15) is 4.79 Å². The first-order chi connectivity index (χ1) is 8.19. The summed E-state index contributed by atoms with van der Waals surface area (Å²) in [5, 5.41) is 0.668. The topological polar surface area (TPSA) is 29.5 Å². The summed E-state index contributed by atoms with van der Waals surface area (Å²) in [6.45, 7) is 2.00. The minimum atomic E-state index is -0.349. The Morgan fingerprint density at radius 1 is 1.65 bits per heavy atom. The maximum Gasteiger partial charge on any atom is 0.414 e. The van der Waals surface area contributed by atoms with Gasteiger partial charge < -0.3 is 4.74 Å². The number of unbranched alkanes of at least 4 members (excludes halogenated alkanes) is 1. The number of nitrogens with zero attached hydrogens (tertiary/aromatic N) is 1. The Bertz CT molecular complexity index is 347. The smallest absolute Gasteiger partial charge is 0.414 e. The average Bonchev–Trinajstić information content (AvgIpc) is 2.34. The molecule has 0 aromatic heterocycles. The van der Waals surface area contributed by atoms with Crippen molar-refractivity contribution in [3.8, 4) is 0 Å². The lowest BCUT2D eigenvalue weighted by molar-refractivity contribution is 0.130. The minimum absolute atomic E-state index is 0.00907. The largest absolute Gasteiger partial charge is 0.452 e. The molecule has 0 aromatic carbocycles. The second-order valence-corrected chi connectivity index (χ2v) is 4.25. The normalized spacial score (nSPS) is 19.6. The van der Waals surface area contributed by atoms with Crippen LogP contribution in [0.25, 0.3) is 0 Å². The molecule has 1 unspecified atom stereocenters. The highest BCUT2D eigenvalue weighted by atomic mass is 35.5. The molecule has 3 nitrogen and oxygen atoms in total. The summed E-state index contributed by atoms with van der Waals surface area (Å²) in [6, 6.07) is -0.00907. The number of hydrogen-bond acceptors (Lipinski definition) is 2. The van der Waals surface area contributed by atoms with Crippen molar-refractivity contribution < 1.29 is 9.53 Å². The molecule has 1 aliphatic rings. The van der Waals surface area contributed by atoms with E-state index in [-0.39, 0.29) is 12.1 Å². The van der Waals surface area contributed by atoms with Gasteiger partial charge >= 0.3 is 6.09 Å². The first-order valence-electron chi connectivity index (χ1n) is 5.72. The molecule has 1 rings (SSSR count). The minimum Gasteiger partial charge on any atom is -0.452 e. The van der Waals surface area contributed by atoms with Crippen LogP contribution in [0.2, 0.25) is 0 Å². The van der Waals surface area contributed by atoms with E-state index in [1.54, 1.807) is 17.2 Å². The Hall–Kier alpha value is -1.22. The van der Waals surface area contributed by atoms with Crippen LogP contribution in [0.15, 0.2) is 35.5 Å². The van der Waals surface area contributed by atoms with E-state index in [4.69, 9.17) is 16.3 Å². The second-order valence-electron chi connectivity index (χ2n) is 3.81. The van der Waals surface area contributed by atoms with Gasteiger partial charge in [0.25, 0.3) is 0 Å². The summed E-state index contributed by atoms with van der Waals surface area (Å²) >= 11 is 5.95. The average molecular weight is 256 g/mol. The third kappa shape index (κ3) is 4.27. The van der Waals surface area contributed by atoms with Gasteiger partial charge in [0.2, 0.25) is 0 Å². The Labute approximate surface area is 107 Å². The van der Waals surface area contributed by atoms with Crippen LogP contribution < -0.4 is 0 Å². The number of methoxy groups -OCH3 is 1. The van der Waals surface area contributed by atoms with Crippen LogP contribution in [-0.4, -0.2) is 24.1 Å². The van der Waals surface area contributed by atoms with Gasteiger partial charge in [-0.05, 0) is 38.3 Å². The maximum atomic E-state index is 11.5. The standard InChI is InChI=1S/C13H18ClNO2/c1-3-4-5-6-7-12-10-11(14)8-9-15(12)13(16)17-2/h3-4,8-10,12H,5-7H2,1-2H3/b4-3+. The van der Waals surface area contributed by atoms with Gasteiger partial charge in [0, 0.05) is 11.2 Å². The van der Waals surface area contributed by atoms with E-state index < -0.39 is 0 Å². The van der Waals surface area contributed by atoms with Gasteiger partial charge in [0.05, 0.1) is 13.2 Å². The Kier molecular flexibility index (Phi) is 5.84. The van der Waals surface area contributed by atoms with Gasteiger partial charge in [0.1, 0.15) is 0 Å². The van der Waals surface area contributed by atoms with E-state index >= 15 is 0 Å². The van der Waals surface area contributed by atoms with E-state index in [2.05, 4.69) is 6.08 Å². The van der Waals surface area contributed by atoms with E-state index in [0.29, 0.717) is 5.03 Å². The Morgan fingerprint density at radius 3 is 3.06 bits per heavy atom. The lowest BCUT2D eigenvalue weighted by Crippen LogP contribution is -2.36. The lowest BCUT2D eigenvalue weighted by Gasteiger charge is -2.27. The van der Waals surface area contributed by atoms with Crippen LogP contribution in [0.4, 0.5) is 4.79 Å². The number of rotatable bonds is 4. The summed E-state index contributed by atoms with van der Waals surface area (Å²) in [7, 11) is 1.38. The first kappa shape index (κ1) is 13.8. The molecule has 17 heavy (non-hydrogen) atoms. The predicted molar refractivity (Wildman–Crippen MR) is 69.8 cm³/mol. The highest BCUT2D eigenvalue weighted by Crippen LogP contribution is 2.21. The van der Waals surface area contributed by atoms with E-state index in [1.807, 2.05) is 19.1 Å². The summed E-state index contributed by atoms with van der Waals surface area (Å²) in [4.78, 5) is 13.1. The lowest BCUT2D eigenvalue weighted by atomic mass is 10.1. The number of allylic oxidation sites excluding steroid dienone is 4. The van der Waals surface area contributed by atoms with Crippen molar-refractivity contribution in [3.05, 3.63) is 35.5 Å². The van der Waals surface area contributed by atoms with Crippen molar-refractivity contribution in [2.45, 2.75) is 32.2 Å². The molecular formula is C13H18ClNO2. The van der Waals surface area contributed by atoms with Gasteiger partial charge in [-0.3, -0.25) is 4.90 Å². The summed E-state index contributed by atoms with van der Waals surface area (Å²) in [6.07, 6.45) is 11.9. The SMILES string of the molecule is C/C=C/CCCC1C=C(Cl)C=CN1C(=O)OC. The van der Waals surface area contributed by atoms with Crippen molar-refractivity contribution in [1.82, 2.24) is 4.90 Å². The quantitative estimate of drug-likeness (QED) is 0.565. The van der Waals surface area contributed by atoms with Crippen molar-refractivity contribution in [2.75, 3.05) is 7.11 Å². The number of carbonyl (C=O) groups excluding carboxylic acids is 1. The molecule has 0 spiro atoms. The number of amides is 1. The molecule has 1 amide bonds. The van der Waals surface area contributed by atoms with Crippen molar-refractivity contribution in [1.29, 1.82) is 0 Å². The molecule has 94 valence electrons. The second kappa shape index (κ2) is 7.17. The highest BCUT2D eigenvalue weighted by molar-refractivity contribution is 6.31. The summed E-state index contributed by atoms with van der Waals surface area (Å²) < 4.78 is 4.73. The number of ether oxygens (including phenoxy) is 1. The molecule has 4 heteroatoms. The zero-order valence-corrected chi connectivity index (χ0v) is 11.0. The first-order valence-corrected chi connectivity index (χ1v) is 6.09. The molecule has 0 saturated carbocycles. The number of halogens is 1.